The summed E-state index contributed by atoms with van der Waals surface area (Å²) in [5, 5.41) is 10.7. The minimum Gasteiger partial charge on any atom is -0.481 e. The van der Waals surface area contributed by atoms with Gasteiger partial charge in [0.05, 0.1) is 12.7 Å². The fourth-order valence-electron chi connectivity index (χ4n) is 1.81. The number of carboxylic acid groups (broad SMARTS) is 1. The largest absolute Gasteiger partial charge is 0.481 e. The molecule has 19 heavy (non-hydrogen) atoms. The van der Waals surface area contributed by atoms with Gasteiger partial charge in [-0.2, -0.15) is 0 Å². The van der Waals surface area contributed by atoms with Crippen LogP contribution in [0.3, 0.4) is 0 Å². The third-order valence-corrected chi connectivity index (χ3v) is 2.92. The first-order valence-corrected chi connectivity index (χ1v) is 6.45. The molecule has 0 aliphatic carbocycles. The summed E-state index contributed by atoms with van der Waals surface area (Å²) in [6.45, 7) is 3.39. The third kappa shape index (κ3) is 5.69. The first-order valence-electron chi connectivity index (χ1n) is 6.45. The minimum absolute atomic E-state index is 0.0154. The van der Waals surface area contributed by atoms with E-state index < -0.39 is 17.9 Å². The van der Waals surface area contributed by atoms with Gasteiger partial charge < -0.3 is 14.7 Å². The second-order valence-electron chi connectivity index (χ2n) is 4.45. The van der Waals surface area contributed by atoms with Crippen molar-refractivity contribution < 1.29 is 24.2 Å². The van der Waals surface area contributed by atoms with Gasteiger partial charge >= 0.3 is 12.0 Å². The summed E-state index contributed by atoms with van der Waals surface area (Å²) in [6, 6.07) is -0.429. The van der Waals surface area contributed by atoms with E-state index in [1.165, 1.54) is 0 Å². The van der Waals surface area contributed by atoms with Crippen LogP contribution in [0.2, 0.25) is 0 Å². The molecule has 1 heterocycles. The maximum absolute atomic E-state index is 11.8. The summed E-state index contributed by atoms with van der Waals surface area (Å²) in [5.74, 6) is -1.39. The molecule has 1 fully saturated rings. The molecule has 1 atom stereocenters. The van der Waals surface area contributed by atoms with Crippen LogP contribution in [-0.4, -0.2) is 53.7 Å². The van der Waals surface area contributed by atoms with E-state index in [0.29, 0.717) is 19.7 Å². The maximum Gasteiger partial charge on any atom is 0.324 e. The Morgan fingerprint density at radius 1 is 1.37 bits per heavy atom. The number of urea groups is 1. The third-order valence-electron chi connectivity index (χ3n) is 2.92. The maximum atomic E-state index is 11.8. The zero-order valence-corrected chi connectivity index (χ0v) is 11.1. The van der Waals surface area contributed by atoms with Crippen LogP contribution in [0, 0.1) is 0 Å². The molecule has 0 aromatic rings. The number of ether oxygens (including phenoxy) is 1. The van der Waals surface area contributed by atoms with Crippen LogP contribution in [0.4, 0.5) is 4.79 Å². The van der Waals surface area contributed by atoms with Crippen LogP contribution < -0.4 is 5.32 Å². The highest BCUT2D eigenvalue weighted by Gasteiger charge is 2.23. The molecule has 1 aliphatic rings. The van der Waals surface area contributed by atoms with E-state index in [9.17, 15) is 14.4 Å². The van der Waals surface area contributed by atoms with Crippen LogP contribution in [0.5, 0.6) is 0 Å². The number of hydrogen-bond acceptors (Lipinski definition) is 4. The van der Waals surface area contributed by atoms with Gasteiger partial charge in [-0.15, -0.1) is 0 Å². The Hall–Kier alpha value is -1.63. The van der Waals surface area contributed by atoms with E-state index in [1.54, 1.807) is 4.90 Å². The molecule has 0 saturated carbocycles. The Morgan fingerprint density at radius 3 is 2.74 bits per heavy atom. The number of carboxylic acids is 1. The quantitative estimate of drug-likeness (QED) is 0.763. The Labute approximate surface area is 111 Å². The van der Waals surface area contributed by atoms with Gasteiger partial charge in [0.2, 0.25) is 5.91 Å². The summed E-state index contributed by atoms with van der Waals surface area (Å²) in [6.07, 6.45) is 1.03. The molecule has 1 rings (SSSR count). The fraction of sp³-hybridized carbons (Fsp3) is 0.750. The smallest absolute Gasteiger partial charge is 0.324 e. The SMILES string of the molecule is CCC1CN(C(=O)NC(=O)CCCC(=O)O)CCO1. The predicted molar refractivity (Wildman–Crippen MR) is 66.6 cm³/mol. The summed E-state index contributed by atoms with van der Waals surface area (Å²) in [4.78, 5) is 35.1. The van der Waals surface area contributed by atoms with E-state index in [1.807, 2.05) is 6.92 Å². The summed E-state index contributed by atoms with van der Waals surface area (Å²) >= 11 is 0. The van der Waals surface area contributed by atoms with E-state index in [-0.39, 0.29) is 25.4 Å². The lowest BCUT2D eigenvalue weighted by Crippen LogP contribution is -2.50. The highest BCUT2D eigenvalue weighted by molar-refractivity contribution is 5.94. The van der Waals surface area contributed by atoms with E-state index in [4.69, 9.17) is 9.84 Å². The summed E-state index contributed by atoms with van der Waals surface area (Å²) in [5.41, 5.74) is 0. The van der Waals surface area contributed by atoms with Crippen molar-refractivity contribution in [2.24, 2.45) is 0 Å². The van der Waals surface area contributed by atoms with Gasteiger partial charge in [-0.05, 0) is 12.8 Å². The number of carbonyl (C=O) groups excluding carboxylic acids is 2. The van der Waals surface area contributed by atoms with Crippen molar-refractivity contribution >= 4 is 17.9 Å². The second-order valence-corrected chi connectivity index (χ2v) is 4.45. The Bertz CT molecular complexity index is 345. The number of nitrogens with zero attached hydrogens (tertiary/aromatic N) is 1. The molecule has 2 N–H and O–H groups in total. The normalized spacial score (nSPS) is 19.0. The van der Waals surface area contributed by atoms with Crippen molar-refractivity contribution in [3.63, 3.8) is 0 Å². The van der Waals surface area contributed by atoms with Crippen LogP contribution in [-0.2, 0) is 14.3 Å². The lowest BCUT2D eigenvalue weighted by atomic mass is 10.2. The van der Waals surface area contributed by atoms with Crippen molar-refractivity contribution in [3.8, 4) is 0 Å². The molecule has 3 amide bonds. The summed E-state index contributed by atoms with van der Waals surface area (Å²) < 4.78 is 5.43. The molecule has 1 aliphatic heterocycles. The standard InChI is InChI=1S/C12H20N2O5/c1-2-9-8-14(6-7-19-9)12(18)13-10(15)4-3-5-11(16)17/h9H,2-8H2,1H3,(H,16,17)(H,13,15,18). The van der Waals surface area contributed by atoms with Gasteiger partial charge in [0, 0.05) is 25.9 Å². The Morgan fingerprint density at radius 2 is 2.11 bits per heavy atom. The van der Waals surface area contributed by atoms with Gasteiger partial charge in [-0.25, -0.2) is 4.79 Å². The number of rotatable bonds is 5. The first kappa shape index (κ1) is 15.4. The van der Waals surface area contributed by atoms with E-state index in [0.717, 1.165) is 6.42 Å². The molecule has 0 radical (unpaired) electrons. The topological polar surface area (TPSA) is 95.9 Å². The van der Waals surface area contributed by atoms with Gasteiger partial charge in [-0.1, -0.05) is 6.92 Å². The first-order chi connectivity index (χ1) is 9.02. The molecular formula is C12H20N2O5. The average Bonchev–Trinajstić information content (AvgIpc) is 2.38. The molecule has 108 valence electrons. The van der Waals surface area contributed by atoms with Crippen LogP contribution in [0.1, 0.15) is 32.6 Å². The summed E-state index contributed by atoms with van der Waals surface area (Å²) in [7, 11) is 0. The zero-order valence-electron chi connectivity index (χ0n) is 11.1. The van der Waals surface area contributed by atoms with Crippen LogP contribution >= 0.6 is 0 Å². The van der Waals surface area contributed by atoms with Crippen molar-refractivity contribution in [1.29, 1.82) is 0 Å². The van der Waals surface area contributed by atoms with Gasteiger partial charge in [0.15, 0.2) is 0 Å². The number of imide groups is 1. The zero-order chi connectivity index (χ0) is 14.3. The number of amides is 3. The van der Waals surface area contributed by atoms with Gasteiger partial charge in [-0.3, -0.25) is 14.9 Å². The highest BCUT2D eigenvalue weighted by atomic mass is 16.5. The van der Waals surface area contributed by atoms with Crippen molar-refractivity contribution in [2.75, 3.05) is 19.7 Å². The number of hydrogen-bond donors (Lipinski definition) is 2. The molecule has 0 aromatic heterocycles. The lowest BCUT2D eigenvalue weighted by Gasteiger charge is -2.32. The van der Waals surface area contributed by atoms with Crippen molar-refractivity contribution in [3.05, 3.63) is 0 Å². The van der Waals surface area contributed by atoms with E-state index in [2.05, 4.69) is 5.32 Å². The van der Waals surface area contributed by atoms with Crippen molar-refractivity contribution in [2.45, 2.75) is 38.7 Å². The van der Waals surface area contributed by atoms with Crippen LogP contribution in [0.15, 0.2) is 0 Å². The average molecular weight is 272 g/mol. The van der Waals surface area contributed by atoms with E-state index >= 15 is 0 Å². The number of aliphatic carboxylic acids is 1. The van der Waals surface area contributed by atoms with Crippen LogP contribution in [0.25, 0.3) is 0 Å². The minimum atomic E-state index is -0.946. The molecule has 7 nitrogen and oxygen atoms in total. The number of morpholine rings is 1. The predicted octanol–water partition coefficient (Wildman–Crippen LogP) is 0.588. The molecule has 0 bridgehead atoms. The molecule has 1 unspecified atom stereocenters. The molecule has 0 spiro atoms. The van der Waals surface area contributed by atoms with Gasteiger partial charge in [0.1, 0.15) is 0 Å². The highest BCUT2D eigenvalue weighted by Crippen LogP contribution is 2.08. The fourth-order valence-corrected chi connectivity index (χ4v) is 1.81. The number of nitrogens with one attached hydrogen (secondary N) is 1. The van der Waals surface area contributed by atoms with Gasteiger partial charge in [0.25, 0.3) is 0 Å². The molecular weight excluding hydrogens is 252 g/mol. The Kier molecular flexibility index (Phi) is 6.27. The monoisotopic (exact) mass is 272 g/mol. The molecule has 1 saturated heterocycles. The number of carbonyl (C=O) groups is 3. The molecule has 0 aromatic carbocycles. The molecule has 7 heteroatoms. The van der Waals surface area contributed by atoms with Crippen molar-refractivity contribution in [1.82, 2.24) is 10.2 Å². The second kappa shape index (κ2) is 7.73. The Balaban J connectivity index is 2.29. The lowest BCUT2D eigenvalue weighted by molar-refractivity contribution is -0.137.